The molecule has 3 rings (SSSR count). The number of nitrogens with zero attached hydrogens (tertiary/aromatic N) is 4. The van der Waals surface area contributed by atoms with Crippen molar-refractivity contribution in [3.63, 3.8) is 0 Å². The summed E-state index contributed by atoms with van der Waals surface area (Å²) in [7, 11) is 1.56. The Bertz CT molecular complexity index is 693. The fourth-order valence-electron chi connectivity index (χ4n) is 3.04. The summed E-state index contributed by atoms with van der Waals surface area (Å²) in [5.41, 5.74) is 7.20. The maximum Gasteiger partial charge on any atom is 0.410 e. The minimum absolute atomic E-state index is 0.282. The van der Waals surface area contributed by atoms with Crippen LogP contribution in [-0.4, -0.2) is 63.6 Å². The average molecular weight is 351 g/mol. The minimum Gasteiger partial charge on any atom is -0.444 e. The Kier molecular flexibility index (Phi) is 4.46. The van der Waals surface area contributed by atoms with E-state index < -0.39 is 5.60 Å². The van der Waals surface area contributed by atoms with Gasteiger partial charge in [-0.15, -0.1) is 0 Å². The second-order valence-electron chi connectivity index (χ2n) is 7.37. The molecule has 2 aliphatic heterocycles. The van der Waals surface area contributed by atoms with Gasteiger partial charge in [0.05, 0.1) is 18.8 Å². The molecule has 1 aromatic rings. The van der Waals surface area contributed by atoms with E-state index in [1.54, 1.807) is 16.6 Å². The van der Waals surface area contributed by atoms with E-state index in [4.69, 9.17) is 15.3 Å². The van der Waals surface area contributed by atoms with Gasteiger partial charge in [0.1, 0.15) is 17.4 Å². The molecule has 25 heavy (non-hydrogen) atoms. The summed E-state index contributed by atoms with van der Waals surface area (Å²) >= 11 is 0. The van der Waals surface area contributed by atoms with Crippen molar-refractivity contribution in [1.82, 2.24) is 19.7 Å². The molecule has 138 valence electrons. The molecule has 0 spiro atoms. The van der Waals surface area contributed by atoms with Gasteiger partial charge in [-0.3, -0.25) is 14.3 Å². The van der Waals surface area contributed by atoms with Crippen LogP contribution in [0.5, 0.6) is 0 Å². The number of rotatable bonds is 1. The number of ether oxygens (including phenoxy) is 1. The zero-order valence-electron chi connectivity index (χ0n) is 15.1. The van der Waals surface area contributed by atoms with Crippen LogP contribution >= 0.6 is 0 Å². The Morgan fingerprint density at radius 1 is 1.44 bits per heavy atom. The summed E-state index contributed by atoms with van der Waals surface area (Å²) in [5.74, 6) is -0.282. The van der Waals surface area contributed by atoms with E-state index in [0.717, 1.165) is 11.3 Å². The molecular weight excluding hydrogens is 326 g/mol. The number of carbonyl (C=O) groups excluding carboxylic acids is 2. The second kappa shape index (κ2) is 6.30. The Labute approximate surface area is 146 Å². The highest BCUT2D eigenvalue weighted by atomic mass is 16.7. The third-order valence-electron chi connectivity index (χ3n) is 4.19. The van der Waals surface area contributed by atoms with Crippen molar-refractivity contribution in [2.24, 2.45) is 5.73 Å². The van der Waals surface area contributed by atoms with Crippen LogP contribution in [0.2, 0.25) is 0 Å². The predicted molar refractivity (Wildman–Crippen MR) is 88.6 cm³/mol. The fraction of sp³-hybridized carbons (Fsp3) is 0.688. The lowest BCUT2D eigenvalue weighted by Gasteiger charge is -2.30. The third-order valence-corrected chi connectivity index (χ3v) is 4.19. The van der Waals surface area contributed by atoms with Crippen molar-refractivity contribution in [2.75, 3.05) is 20.1 Å². The lowest BCUT2D eigenvalue weighted by atomic mass is 10.1. The average Bonchev–Trinajstić information content (AvgIpc) is 2.82. The smallest absolute Gasteiger partial charge is 0.410 e. The van der Waals surface area contributed by atoms with Crippen LogP contribution in [0.15, 0.2) is 0 Å². The maximum absolute atomic E-state index is 12.7. The summed E-state index contributed by atoms with van der Waals surface area (Å²) in [5, 5.41) is 5.76. The molecule has 0 aromatic carbocycles. The van der Waals surface area contributed by atoms with Crippen LogP contribution < -0.4 is 5.73 Å². The molecule has 3 heterocycles. The molecule has 0 saturated heterocycles. The van der Waals surface area contributed by atoms with Crippen molar-refractivity contribution < 1.29 is 19.2 Å². The molecule has 1 aromatic heterocycles. The van der Waals surface area contributed by atoms with Crippen LogP contribution in [0.25, 0.3) is 0 Å². The van der Waals surface area contributed by atoms with Gasteiger partial charge in [0.15, 0.2) is 0 Å². The van der Waals surface area contributed by atoms with Gasteiger partial charge in [-0.2, -0.15) is 5.10 Å². The lowest BCUT2D eigenvalue weighted by molar-refractivity contribution is -0.144. The molecule has 2 aliphatic rings. The SMILES string of the molecule is CN1OC(CN)Cn2nc3c(c2C1=O)CN(C(=O)OC(C)(C)C)CC3. The maximum atomic E-state index is 12.7. The summed E-state index contributed by atoms with van der Waals surface area (Å²) in [4.78, 5) is 32.2. The quantitative estimate of drug-likeness (QED) is 0.791. The molecular formula is C16H25N5O4. The highest BCUT2D eigenvalue weighted by Crippen LogP contribution is 2.26. The van der Waals surface area contributed by atoms with E-state index in [9.17, 15) is 9.59 Å². The van der Waals surface area contributed by atoms with Gasteiger partial charge in [-0.05, 0) is 20.8 Å². The van der Waals surface area contributed by atoms with Crippen molar-refractivity contribution in [3.05, 3.63) is 17.0 Å². The number of aromatic nitrogens is 2. The molecule has 0 fully saturated rings. The van der Waals surface area contributed by atoms with Crippen LogP contribution in [0, 0.1) is 0 Å². The first-order chi connectivity index (χ1) is 11.7. The fourth-order valence-corrected chi connectivity index (χ4v) is 3.04. The van der Waals surface area contributed by atoms with E-state index >= 15 is 0 Å². The standard InChI is InChI=1S/C16H25N5O4/c1-16(2,3)24-15(23)20-6-5-12-11(9-20)13-14(22)19(4)25-10(7-17)8-21(13)18-12/h10H,5-9,17H2,1-4H3. The van der Waals surface area contributed by atoms with Gasteiger partial charge >= 0.3 is 6.09 Å². The van der Waals surface area contributed by atoms with Gasteiger partial charge in [0, 0.05) is 32.1 Å². The van der Waals surface area contributed by atoms with Crippen LogP contribution in [0.1, 0.15) is 42.5 Å². The summed E-state index contributed by atoms with van der Waals surface area (Å²) < 4.78 is 7.10. The Morgan fingerprint density at radius 2 is 2.16 bits per heavy atom. The number of nitrogens with two attached hydrogens (primary N) is 1. The van der Waals surface area contributed by atoms with Gasteiger partial charge in [0.2, 0.25) is 0 Å². The molecule has 9 nitrogen and oxygen atoms in total. The van der Waals surface area contributed by atoms with Crippen molar-refractivity contribution in [1.29, 1.82) is 0 Å². The van der Waals surface area contributed by atoms with Crippen LogP contribution in [0.4, 0.5) is 4.79 Å². The summed E-state index contributed by atoms with van der Waals surface area (Å²) in [6.45, 7) is 6.98. The van der Waals surface area contributed by atoms with E-state index in [1.807, 2.05) is 20.8 Å². The van der Waals surface area contributed by atoms with Crippen molar-refractivity contribution in [2.45, 2.75) is 52.0 Å². The zero-order chi connectivity index (χ0) is 18.4. The molecule has 9 heteroatoms. The molecule has 0 bridgehead atoms. The minimum atomic E-state index is -0.564. The number of hydrogen-bond acceptors (Lipinski definition) is 6. The third kappa shape index (κ3) is 3.47. The van der Waals surface area contributed by atoms with Gasteiger partial charge < -0.3 is 15.4 Å². The number of hydroxylamine groups is 2. The molecule has 1 atom stereocenters. The van der Waals surface area contributed by atoms with Crippen molar-refractivity contribution >= 4 is 12.0 Å². The van der Waals surface area contributed by atoms with E-state index in [-0.39, 0.29) is 24.6 Å². The number of carbonyl (C=O) groups is 2. The Balaban J connectivity index is 1.89. The first-order valence-corrected chi connectivity index (χ1v) is 8.41. The molecule has 2 N–H and O–H groups in total. The topological polar surface area (TPSA) is 103 Å². The highest BCUT2D eigenvalue weighted by molar-refractivity contribution is 5.94. The van der Waals surface area contributed by atoms with Crippen molar-refractivity contribution in [3.8, 4) is 0 Å². The Hall–Kier alpha value is -2.13. The molecule has 0 radical (unpaired) electrons. The number of fused-ring (bicyclic) bond motifs is 3. The molecule has 1 unspecified atom stereocenters. The van der Waals surface area contributed by atoms with Gasteiger partial charge in [-0.25, -0.2) is 9.86 Å². The van der Waals surface area contributed by atoms with Crippen LogP contribution in [-0.2, 0) is 29.1 Å². The lowest BCUT2D eigenvalue weighted by Crippen LogP contribution is -2.40. The normalized spacial score (nSPS) is 20.8. The number of amides is 2. The van der Waals surface area contributed by atoms with E-state index in [0.29, 0.717) is 31.7 Å². The van der Waals surface area contributed by atoms with E-state index in [2.05, 4.69) is 5.10 Å². The van der Waals surface area contributed by atoms with Gasteiger partial charge in [0.25, 0.3) is 5.91 Å². The summed E-state index contributed by atoms with van der Waals surface area (Å²) in [6, 6.07) is 0. The molecule has 0 saturated carbocycles. The number of hydrogen-bond donors (Lipinski definition) is 1. The highest BCUT2D eigenvalue weighted by Gasteiger charge is 2.36. The molecule has 2 amide bonds. The predicted octanol–water partition coefficient (Wildman–Crippen LogP) is 0.521. The second-order valence-corrected chi connectivity index (χ2v) is 7.37. The van der Waals surface area contributed by atoms with Gasteiger partial charge in [-0.1, -0.05) is 0 Å². The summed E-state index contributed by atoms with van der Waals surface area (Å²) in [6.07, 6.45) is -0.123. The zero-order valence-corrected chi connectivity index (χ0v) is 15.1. The largest absolute Gasteiger partial charge is 0.444 e. The van der Waals surface area contributed by atoms with Crippen LogP contribution in [0.3, 0.4) is 0 Å². The first-order valence-electron chi connectivity index (χ1n) is 8.41. The first kappa shape index (κ1) is 17.7. The molecule has 0 aliphatic carbocycles. The Morgan fingerprint density at radius 3 is 2.80 bits per heavy atom. The van der Waals surface area contributed by atoms with E-state index in [1.165, 1.54) is 5.06 Å². The monoisotopic (exact) mass is 351 g/mol.